The summed E-state index contributed by atoms with van der Waals surface area (Å²) in [4.78, 5) is 0. The van der Waals surface area contributed by atoms with Crippen LogP contribution in [0.15, 0.2) is 73.8 Å². The minimum absolute atomic E-state index is 0. The molecule has 2 aromatic rings. The Morgan fingerprint density at radius 1 is 0.692 bits per heavy atom. The molecule has 3 N–H and O–H groups in total. The molecule has 7 heteroatoms. The van der Waals surface area contributed by atoms with E-state index in [9.17, 15) is 10.2 Å². The minimum atomic E-state index is -0.546. The molecule has 0 saturated carbocycles. The lowest BCUT2D eigenvalue weighted by Gasteiger charge is -2.16. The van der Waals surface area contributed by atoms with E-state index >= 15 is 0 Å². The highest BCUT2D eigenvalue weighted by molar-refractivity contribution is 5.40. The SMILES string of the molecule is C.C=CCOc1ccccc1OC[C@@H](O)CCC(C)C.C=CCOc1ccccc1OC[C@H](O)CNC(C)C. The zero-order valence-corrected chi connectivity index (χ0v) is 23.5. The summed E-state index contributed by atoms with van der Waals surface area (Å²) in [6, 6.07) is 15.2. The fraction of sp³-hybridized carbons (Fsp3) is 0.500. The Kier molecular flexibility index (Phi) is 20.2. The maximum atomic E-state index is 9.84. The zero-order chi connectivity index (χ0) is 28.2. The topological polar surface area (TPSA) is 89.4 Å². The second-order valence-electron chi connectivity index (χ2n) is 9.56. The smallest absolute Gasteiger partial charge is 0.161 e. The molecule has 0 radical (unpaired) electrons. The first-order valence-electron chi connectivity index (χ1n) is 13.3. The summed E-state index contributed by atoms with van der Waals surface area (Å²) in [7, 11) is 0. The number of rotatable bonds is 18. The van der Waals surface area contributed by atoms with Crippen molar-refractivity contribution < 1.29 is 29.2 Å². The second kappa shape index (κ2) is 21.9. The lowest BCUT2D eigenvalue weighted by Crippen LogP contribution is -2.35. The van der Waals surface area contributed by atoms with Crippen LogP contribution >= 0.6 is 0 Å². The number of benzene rings is 2. The lowest BCUT2D eigenvalue weighted by atomic mass is 10.1. The summed E-state index contributed by atoms with van der Waals surface area (Å²) in [5.74, 6) is 3.23. The van der Waals surface area contributed by atoms with Gasteiger partial charge >= 0.3 is 0 Å². The summed E-state index contributed by atoms with van der Waals surface area (Å²) in [5, 5.41) is 22.8. The van der Waals surface area contributed by atoms with E-state index in [1.54, 1.807) is 12.2 Å². The maximum Gasteiger partial charge on any atom is 0.161 e. The van der Waals surface area contributed by atoms with Gasteiger partial charge in [0, 0.05) is 12.6 Å². The van der Waals surface area contributed by atoms with E-state index in [1.807, 2.05) is 62.4 Å². The van der Waals surface area contributed by atoms with Crippen molar-refractivity contribution >= 4 is 0 Å². The van der Waals surface area contributed by atoms with Crippen molar-refractivity contribution in [3.8, 4) is 23.0 Å². The van der Waals surface area contributed by atoms with Gasteiger partial charge < -0.3 is 34.5 Å². The molecule has 2 atom stereocenters. The normalized spacial score (nSPS) is 11.9. The standard InChI is InChI=1S/C16H24O3.C15H23NO3.CH4/c1-4-11-18-15-7-5-6-8-16(15)19-12-14(17)10-9-13(2)3;1-4-9-18-14-7-5-6-8-15(14)19-11-13(17)10-16-12(2)3;/h4-8,13-14,17H,1,9-12H2,2-3H3;4-8,12-13,16-17H,1,9-11H2,2-3H3;1H4/t14-;13-;/m01./s1. The van der Waals surface area contributed by atoms with E-state index < -0.39 is 12.2 Å². The molecule has 39 heavy (non-hydrogen) atoms. The van der Waals surface area contributed by atoms with Crippen molar-refractivity contribution in [3.05, 3.63) is 73.8 Å². The highest BCUT2D eigenvalue weighted by Crippen LogP contribution is 2.27. The average molecular weight is 546 g/mol. The third-order valence-electron chi connectivity index (χ3n) is 5.11. The Morgan fingerprint density at radius 3 is 1.49 bits per heavy atom. The van der Waals surface area contributed by atoms with Crippen LogP contribution in [-0.4, -0.2) is 61.4 Å². The van der Waals surface area contributed by atoms with Gasteiger partial charge in [-0.15, -0.1) is 0 Å². The molecule has 0 bridgehead atoms. The van der Waals surface area contributed by atoms with Crippen molar-refractivity contribution in [3.63, 3.8) is 0 Å². The lowest BCUT2D eigenvalue weighted by molar-refractivity contribution is 0.0932. The number of aliphatic hydroxyl groups is 2. The average Bonchev–Trinajstić information content (AvgIpc) is 2.91. The van der Waals surface area contributed by atoms with Gasteiger partial charge in [-0.1, -0.05) is 84.7 Å². The van der Waals surface area contributed by atoms with Gasteiger partial charge in [-0.2, -0.15) is 0 Å². The predicted octanol–water partition coefficient (Wildman–Crippen LogP) is 6.05. The molecule has 0 aliphatic carbocycles. The van der Waals surface area contributed by atoms with Crippen molar-refractivity contribution in [2.24, 2.45) is 5.92 Å². The summed E-state index contributed by atoms with van der Waals surface area (Å²) in [6.45, 7) is 17.5. The molecular formula is C32H51NO6. The molecule has 220 valence electrons. The number of para-hydroxylation sites is 4. The summed E-state index contributed by atoms with van der Waals surface area (Å²) in [6.07, 6.45) is 4.14. The quantitative estimate of drug-likeness (QED) is 0.196. The first kappa shape index (κ1) is 36.0. The van der Waals surface area contributed by atoms with E-state index in [0.717, 1.165) is 12.8 Å². The Labute approximate surface area is 236 Å². The molecule has 0 heterocycles. The largest absolute Gasteiger partial charge is 0.487 e. The summed E-state index contributed by atoms with van der Waals surface area (Å²) in [5.41, 5.74) is 0. The monoisotopic (exact) mass is 545 g/mol. The van der Waals surface area contributed by atoms with E-state index in [1.165, 1.54) is 0 Å². The number of nitrogens with one attached hydrogen (secondary N) is 1. The second-order valence-corrected chi connectivity index (χ2v) is 9.56. The van der Waals surface area contributed by atoms with Gasteiger partial charge in [0.25, 0.3) is 0 Å². The fourth-order valence-electron chi connectivity index (χ4n) is 3.09. The molecule has 0 spiro atoms. The number of aliphatic hydroxyl groups excluding tert-OH is 2. The number of hydrogen-bond donors (Lipinski definition) is 3. The van der Waals surface area contributed by atoms with Crippen LogP contribution in [0.1, 0.15) is 48.0 Å². The third kappa shape index (κ3) is 17.3. The first-order valence-corrected chi connectivity index (χ1v) is 13.3. The van der Waals surface area contributed by atoms with E-state index in [0.29, 0.717) is 61.3 Å². The molecule has 0 aliphatic heterocycles. The van der Waals surface area contributed by atoms with Gasteiger partial charge in [-0.3, -0.25) is 0 Å². The molecule has 0 saturated heterocycles. The molecule has 2 aromatic carbocycles. The van der Waals surface area contributed by atoms with Gasteiger partial charge in [0.05, 0.1) is 6.10 Å². The fourth-order valence-corrected chi connectivity index (χ4v) is 3.09. The third-order valence-corrected chi connectivity index (χ3v) is 5.11. The molecule has 0 fully saturated rings. The molecule has 7 nitrogen and oxygen atoms in total. The van der Waals surface area contributed by atoms with Crippen molar-refractivity contribution in [2.75, 3.05) is 33.0 Å². The molecule has 2 rings (SSSR count). The van der Waals surface area contributed by atoms with Crippen LogP contribution in [0.4, 0.5) is 0 Å². The number of hydrogen-bond acceptors (Lipinski definition) is 7. The van der Waals surface area contributed by atoms with E-state index in [4.69, 9.17) is 18.9 Å². The Morgan fingerprint density at radius 2 is 1.10 bits per heavy atom. The van der Waals surface area contributed by atoms with Gasteiger partial charge in [0.15, 0.2) is 23.0 Å². The summed E-state index contributed by atoms with van der Waals surface area (Å²) >= 11 is 0. The van der Waals surface area contributed by atoms with Crippen LogP contribution < -0.4 is 24.3 Å². The van der Waals surface area contributed by atoms with E-state index in [-0.39, 0.29) is 14.0 Å². The molecule has 0 amide bonds. The summed E-state index contributed by atoms with van der Waals surface area (Å²) < 4.78 is 22.2. The van der Waals surface area contributed by atoms with E-state index in [2.05, 4.69) is 32.3 Å². The molecule has 0 aliphatic rings. The predicted molar refractivity (Wildman–Crippen MR) is 161 cm³/mol. The van der Waals surface area contributed by atoms with Crippen LogP contribution in [0.25, 0.3) is 0 Å². The Hall–Kier alpha value is -3.00. The Balaban J connectivity index is 0.000000722. The minimum Gasteiger partial charge on any atom is -0.487 e. The van der Waals surface area contributed by atoms with Gasteiger partial charge in [-0.05, 0) is 43.0 Å². The van der Waals surface area contributed by atoms with Gasteiger partial charge in [0.2, 0.25) is 0 Å². The Bertz CT molecular complexity index is 828. The molecular weight excluding hydrogens is 494 g/mol. The first-order chi connectivity index (χ1) is 18.3. The maximum absolute atomic E-state index is 9.84. The number of ether oxygens (including phenoxy) is 4. The van der Waals surface area contributed by atoms with Gasteiger partial charge in [0.1, 0.15) is 32.5 Å². The van der Waals surface area contributed by atoms with Crippen LogP contribution in [0.5, 0.6) is 23.0 Å². The zero-order valence-electron chi connectivity index (χ0n) is 23.5. The van der Waals surface area contributed by atoms with Crippen molar-refractivity contribution in [2.45, 2.75) is 66.2 Å². The van der Waals surface area contributed by atoms with Gasteiger partial charge in [-0.25, -0.2) is 0 Å². The highest BCUT2D eigenvalue weighted by atomic mass is 16.5. The molecule has 0 aromatic heterocycles. The van der Waals surface area contributed by atoms with Crippen LogP contribution in [0, 0.1) is 5.92 Å². The van der Waals surface area contributed by atoms with Crippen LogP contribution in [0.3, 0.4) is 0 Å². The van der Waals surface area contributed by atoms with Crippen molar-refractivity contribution in [1.82, 2.24) is 5.32 Å². The van der Waals surface area contributed by atoms with Crippen LogP contribution in [0.2, 0.25) is 0 Å². The molecule has 0 unspecified atom stereocenters. The van der Waals surface area contributed by atoms with Crippen LogP contribution in [-0.2, 0) is 0 Å². The van der Waals surface area contributed by atoms with Crippen molar-refractivity contribution in [1.29, 1.82) is 0 Å². The highest BCUT2D eigenvalue weighted by Gasteiger charge is 2.10.